The maximum absolute atomic E-state index is 12.4. The van der Waals surface area contributed by atoms with Gasteiger partial charge in [-0.2, -0.15) is 0 Å². The normalized spacial score (nSPS) is 11.4. The molecule has 0 amide bonds. The Morgan fingerprint density at radius 3 is 2.40 bits per heavy atom. The Balaban J connectivity index is 2.41. The van der Waals surface area contributed by atoms with Crippen LogP contribution in [0.1, 0.15) is 11.1 Å². The first kappa shape index (κ1) is 15.4. The van der Waals surface area contributed by atoms with Crippen molar-refractivity contribution in [1.82, 2.24) is 0 Å². The molecule has 0 atom stereocenters. The molecule has 0 saturated carbocycles. The zero-order valence-electron chi connectivity index (χ0n) is 10.9. The van der Waals surface area contributed by atoms with Crippen LogP contribution in [0.4, 0.5) is 5.69 Å². The second-order valence-electron chi connectivity index (χ2n) is 4.50. The number of halogens is 2. The fourth-order valence-corrected chi connectivity index (χ4v) is 4.07. The van der Waals surface area contributed by atoms with Gasteiger partial charge in [-0.1, -0.05) is 17.7 Å². The van der Waals surface area contributed by atoms with E-state index in [1.165, 1.54) is 6.07 Å². The standard InChI is InChI=1S/C14H13BrClNO2S/c1-9-3-5-13(12(15)7-9)17-20(18,19)14-6-4-11(16)8-10(14)2/h3-8,17H,1-2H3. The summed E-state index contributed by atoms with van der Waals surface area (Å²) < 4.78 is 28.1. The lowest BCUT2D eigenvalue weighted by Crippen LogP contribution is -2.14. The largest absolute Gasteiger partial charge is 0.278 e. The lowest BCUT2D eigenvalue weighted by Gasteiger charge is -2.12. The number of anilines is 1. The number of rotatable bonds is 3. The van der Waals surface area contributed by atoms with E-state index in [1.54, 1.807) is 25.1 Å². The Hall–Kier alpha value is -1.04. The molecule has 0 radical (unpaired) electrons. The second kappa shape index (κ2) is 5.76. The minimum atomic E-state index is -3.63. The summed E-state index contributed by atoms with van der Waals surface area (Å²) in [5.41, 5.74) is 2.15. The predicted octanol–water partition coefficient (Wildman–Crippen LogP) is 4.52. The minimum Gasteiger partial charge on any atom is -0.278 e. The highest BCUT2D eigenvalue weighted by atomic mass is 79.9. The van der Waals surface area contributed by atoms with E-state index in [0.717, 1.165) is 5.56 Å². The fourth-order valence-electron chi connectivity index (χ4n) is 1.82. The van der Waals surface area contributed by atoms with Gasteiger partial charge in [0.1, 0.15) is 0 Å². The summed E-state index contributed by atoms with van der Waals surface area (Å²) in [5.74, 6) is 0. The predicted molar refractivity (Wildman–Crippen MR) is 85.9 cm³/mol. The van der Waals surface area contributed by atoms with E-state index in [9.17, 15) is 8.42 Å². The number of sulfonamides is 1. The molecule has 2 rings (SSSR count). The maximum Gasteiger partial charge on any atom is 0.262 e. The molecule has 2 aromatic rings. The fraction of sp³-hybridized carbons (Fsp3) is 0.143. The van der Waals surface area contributed by atoms with E-state index in [4.69, 9.17) is 11.6 Å². The number of nitrogens with one attached hydrogen (secondary N) is 1. The van der Waals surface area contributed by atoms with Crippen molar-refractivity contribution in [3.8, 4) is 0 Å². The van der Waals surface area contributed by atoms with Crippen molar-refractivity contribution < 1.29 is 8.42 Å². The van der Waals surface area contributed by atoms with Crippen LogP contribution in [0, 0.1) is 13.8 Å². The van der Waals surface area contributed by atoms with Crippen LogP contribution in [0.2, 0.25) is 5.02 Å². The van der Waals surface area contributed by atoms with Crippen LogP contribution in [0.3, 0.4) is 0 Å². The van der Waals surface area contributed by atoms with Gasteiger partial charge in [-0.3, -0.25) is 4.72 Å². The maximum atomic E-state index is 12.4. The van der Waals surface area contributed by atoms with Gasteiger partial charge in [-0.15, -0.1) is 0 Å². The highest BCUT2D eigenvalue weighted by Crippen LogP contribution is 2.27. The Morgan fingerprint density at radius 2 is 1.80 bits per heavy atom. The molecule has 1 N–H and O–H groups in total. The Labute approximate surface area is 132 Å². The lowest BCUT2D eigenvalue weighted by atomic mass is 10.2. The summed E-state index contributed by atoms with van der Waals surface area (Å²) in [6.07, 6.45) is 0. The molecule has 0 aliphatic carbocycles. The lowest BCUT2D eigenvalue weighted by molar-refractivity contribution is 0.600. The van der Waals surface area contributed by atoms with Gasteiger partial charge < -0.3 is 0 Å². The van der Waals surface area contributed by atoms with Gasteiger partial charge in [0, 0.05) is 9.50 Å². The van der Waals surface area contributed by atoms with Gasteiger partial charge >= 0.3 is 0 Å². The molecule has 20 heavy (non-hydrogen) atoms. The Bertz CT molecular complexity index is 760. The number of hydrogen-bond acceptors (Lipinski definition) is 2. The van der Waals surface area contributed by atoms with Crippen LogP contribution in [-0.4, -0.2) is 8.42 Å². The highest BCUT2D eigenvalue weighted by Gasteiger charge is 2.18. The topological polar surface area (TPSA) is 46.2 Å². The monoisotopic (exact) mass is 373 g/mol. The molecule has 0 aliphatic heterocycles. The van der Waals surface area contributed by atoms with Crippen LogP contribution in [0.25, 0.3) is 0 Å². The number of benzene rings is 2. The van der Waals surface area contributed by atoms with Gasteiger partial charge in [-0.25, -0.2) is 8.42 Å². The van der Waals surface area contributed by atoms with Crippen molar-refractivity contribution >= 4 is 43.2 Å². The molecule has 0 unspecified atom stereocenters. The summed E-state index contributed by atoms with van der Waals surface area (Å²) in [4.78, 5) is 0.217. The molecule has 0 heterocycles. The number of hydrogen-bond donors (Lipinski definition) is 1. The quantitative estimate of drug-likeness (QED) is 0.858. The summed E-state index contributed by atoms with van der Waals surface area (Å²) in [7, 11) is -3.63. The van der Waals surface area contributed by atoms with Gasteiger partial charge in [0.15, 0.2) is 0 Å². The average Bonchev–Trinajstić information content (AvgIpc) is 2.32. The smallest absolute Gasteiger partial charge is 0.262 e. The third-order valence-corrected chi connectivity index (χ3v) is 5.21. The molecule has 0 spiro atoms. The second-order valence-corrected chi connectivity index (χ2v) is 7.44. The van der Waals surface area contributed by atoms with Crippen LogP contribution >= 0.6 is 27.5 Å². The first-order valence-electron chi connectivity index (χ1n) is 5.85. The summed E-state index contributed by atoms with van der Waals surface area (Å²) in [6, 6.07) is 10.1. The van der Waals surface area contributed by atoms with E-state index in [2.05, 4.69) is 20.7 Å². The average molecular weight is 375 g/mol. The summed E-state index contributed by atoms with van der Waals surface area (Å²) >= 11 is 9.20. The van der Waals surface area contributed by atoms with Gasteiger partial charge in [0.25, 0.3) is 10.0 Å². The molecule has 0 bridgehead atoms. The minimum absolute atomic E-state index is 0.217. The van der Waals surface area contributed by atoms with Gasteiger partial charge in [0.2, 0.25) is 0 Å². The van der Waals surface area contributed by atoms with Crippen LogP contribution in [0.15, 0.2) is 45.8 Å². The zero-order valence-corrected chi connectivity index (χ0v) is 14.1. The molecule has 2 aromatic carbocycles. The third-order valence-electron chi connectivity index (χ3n) is 2.80. The Morgan fingerprint density at radius 1 is 1.10 bits per heavy atom. The third kappa shape index (κ3) is 3.34. The molecule has 106 valence electrons. The molecular formula is C14H13BrClNO2S. The molecule has 3 nitrogen and oxygen atoms in total. The van der Waals surface area contributed by atoms with Crippen molar-refractivity contribution in [3.05, 3.63) is 57.0 Å². The van der Waals surface area contributed by atoms with E-state index in [-0.39, 0.29) is 4.90 Å². The van der Waals surface area contributed by atoms with E-state index in [0.29, 0.717) is 20.7 Å². The van der Waals surface area contributed by atoms with E-state index < -0.39 is 10.0 Å². The first-order chi connectivity index (χ1) is 9.29. The van der Waals surface area contributed by atoms with Crippen LogP contribution < -0.4 is 4.72 Å². The molecular weight excluding hydrogens is 362 g/mol. The van der Waals surface area contributed by atoms with Gasteiger partial charge in [-0.05, 0) is 71.2 Å². The van der Waals surface area contributed by atoms with E-state index >= 15 is 0 Å². The van der Waals surface area contributed by atoms with Crippen LogP contribution in [0.5, 0.6) is 0 Å². The van der Waals surface area contributed by atoms with Crippen molar-refractivity contribution in [3.63, 3.8) is 0 Å². The molecule has 0 aromatic heterocycles. The van der Waals surface area contributed by atoms with Crippen molar-refractivity contribution in [2.24, 2.45) is 0 Å². The van der Waals surface area contributed by atoms with Gasteiger partial charge in [0.05, 0.1) is 10.6 Å². The van der Waals surface area contributed by atoms with E-state index in [1.807, 2.05) is 19.1 Å². The van der Waals surface area contributed by atoms with Crippen molar-refractivity contribution in [1.29, 1.82) is 0 Å². The van der Waals surface area contributed by atoms with Crippen molar-refractivity contribution in [2.75, 3.05) is 4.72 Å². The Kier molecular flexibility index (Phi) is 4.42. The van der Waals surface area contributed by atoms with Crippen molar-refractivity contribution in [2.45, 2.75) is 18.7 Å². The zero-order chi connectivity index (χ0) is 14.9. The molecule has 0 saturated heterocycles. The molecule has 0 fully saturated rings. The highest BCUT2D eigenvalue weighted by molar-refractivity contribution is 9.10. The SMILES string of the molecule is Cc1ccc(NS(=O)(=O)c2ccc(Cl)cc2C)c(Br)c1. The summed E-state index contributed by atoms with van der Waals surface area (Å²) in [5, 5.41) is 0.512. The number of aryl methyl sites for hydroxylation is 2. The molecule has 6 heteroatoms. The molecule has 0 aliphatic rings. The van der Waals surface area contributed by atoms with Crippen LogP contribution in [-0.2, 0) is 10.0 Å². The first-order valence-corrected chi connectivity index (χ1v) is 8.50. The summed E-state index contributed by atoms with van der Waals surface area (Å²) in [6.45, 7) is 3.65.